The number of halogens is 14. The van der Waals surface area contributed by atoms with Crippen molar-refractivity contribution in [3.63, 3.8) is 0 Å². The fraction of sp³-hybridized carbons (Fsp3) is 0.136. The lowest BCUT2D eigenvalue weighted by atomic mass is 9.91. The second kappa shape index (κ2) is 9.26. The van der Waals surface area contributed by atoms with Crippen molar-refractivity contribution < 1.29 is 58.9 Å². The van der Waals surface area contributed by atoms with Gasteiger partial charge in [0, 0.05) is 10.4 Å². The molecule has 0 radical (unpaired) electrons. The van der Waals surface area contributed by atoms with E-state index < -0.39 is 107 Å². The van der Waals surface area contributed by atoms with Gasteiger partial charge in [-0.1, -0.05) is 19.4 Å². The van der Waals surface area contributed by atoms with Gasteiger partial charge in [-0.15, -0.1) is 0 Å². The van der Waals surface area contributed by atoms with Crippen LogP contribution in [0.2, 0.25) is 0 Å². The molecule has 0 aliphatic carbocycles. The molecule has 0 heterocycles. The third kappa shape index (κ3) is 6.17. The molecule has 0 fully saturated rings. The number of rotatable bonds is 2. The van der Waals surface area contributed by atoms with Crippen molar-refractivity contribution in [2.24, 2.45) is 0 Å². The normalized spacial score (nSPS) is 14.6. The first kappa shape index (κ1) is 33.2. The number of hydrogen-bond donors (Lipinski definition) is 0. The van der Waals surface area contributed by atoms with Crippen LogP contribution in [-0.4, -0.2) is 0 Å². The number of nitriles is 5. The summed E-state index contributed by atoms with van der Waals surface area (Å²) >= 11 is 0. The third-order valence-corrected chi connectivity index (χ3v) is 6.26. The topological polar surface area (TPSA) is 119 Å². The van der Waals surface area contributed by atoms with Crippen LogP contribution >= 0.6 is 10.2 Å². The van der Waals surface area contributed by atoms with Crippen LogP contribution in [0, 0.1) is 56.7 Å². The molecular formula is C22H3F14N5S. The van der Waals surface area contributed by atoms with Gasteiger partial charge in [0.05, 0.1) is 33.4 Å². The Labute approximate surface area is 223 Å². The molecule has 2 aromatic carbocycles. The average Bonchev–Trinajstić information content (AvgIpc) is 2.81. The van der Waals surface area contributed by atoms with Crippen LogP contribution in [0.15, 0.2) is 23.1 Å². The first-order chi connectivity index (χ1) is 18.7. The molecule has 0 atom stereocenters. The molecule has 20 heteroatoms. The van der Waals surface area contributed by atoms with Gasteiger partial charge in [-0.2, -0.15) is 65.8 Å². The van der Waals surface area contributed by atoms with Gasteiger partial charge in [-0.25, -0.2) is 0 Å². The largest absolute Gasteiger partial charge is 0.418 e. The molecule has 220 valence electrons. The summed E-state index contributed by atoms with van der Waals surface area (Å²) in [5.74, 6) is 0. The van der Waals surface area contributed by atoms with Crippen molar-refractivity contribution in [2.45, 2.75) is 23.4 Å². The van der Waals surface area contributed by atoms with Gasteiger partial charge >= 0.3 is 28.8 Å². The maximum absolute atomic E-state index is 14.1. The lowest BCUT2D eigenvalue weighted by Gasteiger charge is -2.41. The van der Waals surface area contributed by atoms with E-state index >= 15 is 0 Å². The molecule has 0 bridgehead atoms. The lowest BCUT2D eigenvalue weighted by molar-refractivity contribution is -0.143. The first-order valence-corrected chi connectivity index (χ1v) is 11.7. The smallest absolute Gasteiger partial charge is 0.192 e. The Bertz CT molecular complexity index is 1810. The third-order valence-electron chi connectivity index (χ3n) is 5.11. The second-order valence-electron chi connectivity index (χ2n) is 7.76. The van der Waals surface area contributed by atoms with Crippen LogP contribution in [0.3, 0.4) is 0 Å². The number of alkyl halides is 9. The fourth-order valence-corrected chi connectivity index (χ4v) is 4.52. The Hall–Kier alpha value is -5.00. The average molecular weight is 635 g/mol. The number of benzene rings is 2. The van der Waals surface area contributed by atoms with E-state index in [-0.39, 0.29) is 0 Å². The monoisotopic (exact) mass is 635 g/mol. The van der Waals surface area contributed by atoms with Gasteiger partial charge in [0.1, 0.15) is 40.8 Å². The van der Waals surface area contributed by atoms with Crippen molar-refractivity contribution >= 4 is 21.4 Å². The molecule has 0 amide bonds. The summed E-state index contributed by atoms with van der Waals surface area (Å²) in [6, 6.07) is 0.581. The van der Waals surface area contributed by atoms with E-state index in [1.54, 1.807) is 0 Å². The Morgan fingerprint density at radius 3 is 1.31 bits per heavy atom. The van der Waals surface area contributed by atoms with Gasteiger partial charge in [-0.05, 0) is 23.8 Å². The molecule has 0 saturated carbocycles. The van der Waals surface area contributed by atoms with Gasteiger partial charge in [0.25, 0.3) is 0 Å². The van der Waals surface area contributed by atoms with E-state index in [1.807, 2.05) is 0 Å². The van der Waals surface area contributed by atoms with Crippen LogP contribution in [0.1, 0.15) is 33.4 Å². The highest BCUT2D eigenvalue weighted by atomic mass is 32.5. The van der Waals surface area contributed by atoms with Crippen LogP contribution in [0.25, 0.3) is 11.1 Å². The van der Waals surface area contributed by atoms with E-state index in [4.69, 9.17) is 15.8 Å². The lowest BCUT2D eigenvalue weighted by Crippen LogP contribution is -2.34. The second-order valence-corrected chi connectivity index (χ2v) is 10.1. The molecule has 2 rings (SSSR count). The minimum atomic E-state index is -11.4. The van der Waals surface area contributed by atoms with Crippen molar-refractivity contribution in [2.75, 3.05) is 0 Å². The summed E-state index contributed by atoms with van der Waals surface area (Å²) < 4.78 is 194. The maximum atomic E-state index is 14.1. The predicted octanol–water partition coefficient (Wildman–Crippen LogP) is 7.06. The molecule has 2 aromatic rings. The highest BCUT2D eigenvalue weighted by molar-refractivity contribution is 8.45. The summed E-state index contributed by atoms with van der Waals surface area (Å²) in [4.78, 5) is -3.54. The number of hydrogen-bond acceptors (Lipinski definition) is 5. The van der Waals surface area contributed by atoms with E-state index in [0.717, 1.165) is 0 Å². The Balaban J connectivity index is 3.69. The molecule has 42 heavy (non-hydrogen) atoms. The van der Waals surface area contributed by atoms with E-state index in [9.17, 15) is 69.5 Å². The maximum Gasteiger partial charge on any atom is 0.418 e. The van der Waals surface area contributed by atoms with Crippen molar-refractivity contribution in [1.29, 1.82) is 26.3 Å². The molecule has 0 spiro atoms. The van der Waals surface area contributed by atoms with Gasteiger partial charge in [0.2, 0.25) is 0 Å². The molecule has 0 aliphatic heterocycles. The molecule has 0 saturated heterocycles. The highest BCUT2D eigenvalue weighted by Crippen LogP contribution is 3.01. The van der Waals surface area contributed by atoms with Crippen LogP contribution in [0.4, 0.5) is 58.9 Å². The highest BCUT2D eigenvalue weighted by Gasteiger charge is 2.67. The summed E-state index contributed by atoms with van der Waals surface area (Å²) in [6.45, 7) is 0. The molecule has 5 nitrogen and oxygen atoms in total. The van der Waals surface area contributed by atoms with Gasteiger partial charge in [-0.3, -0.25) is 0 Å². The zero-order valence-corrected chi connectivity index (χ0v) is 20.0. The van der Waals surface area contributed by atoms with Gasteiger partial charge in [0.15, 0.2) is 0 Å². The van der Waals surface area contributed by atoms with Gasteiger partial charge < -0.3 is 0 Å². The Morgan fingerprint density at radius 2 is 1.02 bits per heavy atom. The zero-order valence-electron chi connectivity index (χ0n) is 19.2. The van der Waals surface area contributed by atoms with E-state index in [1.165, 1.54) is 0 Å². The summed E-state index contributed by atoms with van der Waals surface area (Å²) in [6.07, 6.45) is -18.0. The minimum absolute atomic E-state index is 0.444. The molecule has 0 aliphatic rings. The molecule has 0 aromatic heterocycles. The quantitative estimate of drug-likeness (QED) is 0.328. The van der Waals surface area contributed by atoms with E-state index in [2.05, 4.69) is 0 Å². The summed E-state index contributed by atoms with van der Waals surface area (Å²) in [7, 11) is -11.4. The minimum Gasteiger partial charge on any atom is -0.192 e. The van der Waals surface area contributed by atoms with Crippen molar-refractivity contribution in [3.05, 3.63) is 62.0 Å². The number of nitrogens with zero attached hydrogens (tertiary/aromatic N) is 5. The molecular weight excluding hydrogens is 632 g/mol. The van der Waals surface area contributed by atoms with Crippen LogP contribution < -0.4 is 10.4 Å². The van der Waals surface area contributed by atoms with Crippen LogP contribution in [-0.2, 0) is 18.5 Å². The summed E-state index contributed by atoms with van der Waals surface area (Å²) in [5, 5.41) is 40.4. The van der Waals surface area contributed by atoms with Crippen LogP contribution in [0.5, 0.6) is 0 Å². The fourth-order valence-electron chi connectivity index (χ4n) is 3.59. The Kier molecular flexibility index (Phi) is 7.32. The van der Waals surface area contributed by atoms with E-state index in [0.29, 0.717) is 30.3 Å². The summed E-state index contributed by atoms with van der Waals surface area (Å²) in [5.41, 5.74) is -18.7. The molecule has 0 unspecified atom stereocenters. The molecule has 0 N–H and O–H groups in total. The first-order valence-electron chi connectivity index (χ1n) is 9.78. The Morgan fingerprint density at radius 1 is 0.595 bits per heavy atom. The van der Waals surface area contributed by atoms with Crippen molar-refractivity contribution in [3.8, 4) is 30.3 Å². The van der Waals surface area contributed by atoms with Crippen molar-refractivity contribution in [1.82, 2.24) is 0 Å². The standard InChI is InChI=1S/C22H3F14N5S/c23-20(24,25)15-1-9(2-16(13(15)7-40)21(26,27)28)12(6-39)11-3-17(42(32,33,34,35)36)18(10(4-37)5-38)14(8-41)19(11)22(29,30)31/h1-3H/b12-11-. The predicted molar refractivity (Wildman–Crippen MR) is 111 cm³/mol. The zero-order chi connectivity index (χ0) is 32.9. The SMILES string of the molecule is N#CC(C#N)=c1c(S(F)(F)(F)(F)F)c/c(=C(\C#N)c2cc(C(F)(F)F)c(C#N)c(C(F)(F)F)c2)c(C(F)(F)F)c1C#N.